The maximum Gasteiger partial charge on any atom is 0.230 e. The number of thiazole rings is 1. The van der Waals surface area contributed by atoms with Crippen LogP contribution in [0.5, 0.6) is 0 Å². The monoisotopic (exact) mass is 395 g/mol. The highest BCUT2D eigenvalue weighted by atomic mass is 35.5. The molecule has 1 aromatic carbocycles. The van der Waals surface area contributed by atoms with Crippen molar-refractivity contribution in [2.24, 2.45) is 0 Å². The first kappa shape index (κ1) is 17.9. The van der Waals surface area contributed by atoms with Crippen LogP contribution in [0.3, 0.4) is 0 Å². The van der Waals surface area contributed by atoms with E-state index in [2.05, 4.69) is 15.5 Å². The summed E-state index contributed by atoms with van der Waals surface area (Å²) in [6, 6.07) is 5.40. The van der Waals surface area contributed by atoms with Crippen molar-refractivity contribution >= 4 is 45.6 Å². The summed E-state index contributed by atoms with van der Waals surface area (Å²) < 4.78 is 5.07. The SMILES string of the molecule is Cc1noc(C)c1CC(=O)Nc1ncc(Cc2ccc(Cl)cc2Cl)s1. The van der Waals surface area contributed by atoms with Gasteiger partial charge in [-0.3, -0.25) is 4.79 Å². The highest BCUT2D eigenvalue weighted by Gasteiger charge is 2.15. The molecule has 5 nitrogen and oxygen atoms in total. The number of benzene rings is 1. The Morgan fingerprint density at radius 2 is 2.12 bits per heavy atom. The van der Waals surface area contributed by atoms with Crippen LogP contribution in [-0.4, -0.2) is 16.0 Å². The van der Waals surface area contributed by atoms with Gasteiger partial charge in [0.1, 0.15) is 5.76 Å². The molecule has 0 saturated heterocycles. The van der Waals surface area contributed by atoms with E-state index in [0.717, 1.165) is 21.7 Å². The lowest BCUT2D eigenvalue weighted by atomic mass is 10.1. The number of hydrogen-bond donors (Lipinski definition) is 1. The molecule has 0 bridgehead atoms. The molecule has 3 aromatic rings. The molecule has 0 fully saturated rings. The van der Waals surface area contributed by atoms with Crippen LogP contribution in [0.25, 0.3) is 0 Å². The Morgan fingerprint density at radius 1 is 1.32 bits per heavy atom. The second kappa shape index (κ2) is 7.56. The van der Waals surface area contributed by atoms with Crippen molar-refractivity contribution in [3.05, 3.63) is 61.9 Å². The zero-order chi connectivity index (χ0) is 18.0. The normalized spacial score (nSPS) is 10.9. The van der Waals surface area contributed by atoms with Crippen LogP contribution in [0.1, 0.15) is 27.5 Å². The Balaban J connectivity index is 1.64. The average Bonchev–Trinajstić information content (AvgIpc) is 3.11. The van der Waals surface area contributed by atoms with Crippen molar-refractivity contribution in [3.8, 4) is 0 Å². The van der Waals surface area contributed by atoms with Crippen LogP contribution in [-0.2, 0) is 17.6 Å². The number of halogens is 2. The van der Waals surface area contributed by atoms with Crippen molar-refractivity contribution in [1.29, 1.82) is 0 Å². The van der Waals surface area contributed by atoms with Crippen LogP contribution in [0, 0.1) is 13.8 Å². The van der Waals surface area contributed by atoms with E-state index in [4.69, 9.17) is 27.7 Å². The lowest BCUT2D eigenvalue weighted by molar-refractivity contribution is -0.115. The first-order valence-corrected chi connectivity index (χ1v) is 9.10. The number of anilines is 1. The minimum absolute atomic E-state index is 0.153. The van der Waals surface area contributed by atoms with E-state index in [1.54, 1.807) is 25.3 Å². The molecule has 1 N–H and O–H groups in total. The average molecular weight is 396 g/mol. The molecule has 130 valence electrons. The molecule has 1 amide bonds. The standard InChI is InChI=1S/C17H15Cl2N3O2S/c1-9-14(10(2)24-22-9)7-16(23)21-17-20-8-13(25-17)5-11-3-4-12(18)6-15(11)19/h3-4,6,8H,5,7H2,1-2H3,(H,20,21,23). The Labute approximate surface area is 159 Å². The Bertz CT molecular complexity index is 901. The lowest BCUT2D eigenvalue weighted by Crippen LogP contribution is -2.14. The minimum atomic E-state index is -0.153. The Kier molecular flexibility index (Phi) is 5.42. The highest BCUT2D eigenvalue weighted by molar-refractivity contribution is 7.15. The minimum Gasteiger partial charge on any atom is -0.361 e. The Hall–Kier alpha value is -1.89. The number of nitrogens with one attached hydrogen (secondary N) is 1. The summed E-state index contributed by atoms with van der Waals surface area (Å²) in [4.78, 5) is 17.4. The number of nitrogens with zero attached hydrogens (tertiary/aromatic N) is 2. The topological polar surface area (TPSA) is 68.0 Å². The summed E-state index contributed by atoms with van der Waals surface area (Å²) in [5.74, 6) is 0.504. The molecule has 0 aliphatic rings. The number of aromatic nitrogens is 2. The van der Waals surface area contributed by atoms with Gasteiger partial charge in [-0.25, -0.2) is 4.98 Å². The molecule has 0 atom stereocenters. The number of carbonyl (C=O) groups is 1. The first-order valence-electron chi connectivity index (χ1n) is 7.52. The van der Waals surface area contributed by atoms with Gasteiger partial charge in [-0.05, 0) is 31.5 Å². The fourth-order valence-corrected chi connectivity index (χ4v) is 3.71. The Morgan fingerprint density at radius 3 is 2.80 bits per heavy atom. The van der Waals surface area contributed by atoms with E-state index in [0.29, 0.717) is 27.4 Å². The maximum absolute atomic E-state index is 12.2. The van der Waals surface area contributed by atoms with Crippen molar-refractivity contribution in [2.75, 3.05) is 5.32 Å². The molecule has 2 aromatic heterocycles. The van der Waals surface area contributed by atoms with Gasteiger partial charge in [0.25, 0.3) is 0 Å². The zero-order valence-electron chi connectivity index (χ0n) is 13.6. The van der Waals surface area contributed by atoms with Crippen molar-refractivity contribution in [1.82, 2.24) is 10.1 Å². The molecular weight excluding hydrogens is 381 g/mol. The van der Waals surface area contributed by atoms with Gasteiger partial charge in [-0.15, -0.1) is 11.3 Å². The fourth-order valence-electron chi connectivity index (χ4n) is 2.38. The third kappa shape index (κ3) is 4.39. The largest absolute Gasteiger partial charge is 0.361 e. The number of hydrogen-bond acceptors (Lipinski definition) is 5. The van der Waals surface area contributed by atoms with Gasteiger partial charge < -0.3 is 9.84 Å². The van der Waals surface area contributed by atoms with Gasteiger partial charge in [0.05, 0.1) is 12.1 Å². The molecule has 0 aliphatic heterocycles. The summed E-state index contributed by atoms with van der Waals surface area (Å²) in [6.45, 7) is 3.61. The summed E-state index contributed by atoms with van der Waals surface area (Å²) in [7, 11) is 0. The highest BCUT2D eigenvalue weighted by Crippen LogP contribution is 2.27. The smallest absolute Gasteiger partial charge is 0.230 e. The first-order chi connectivity index (χ1) is 11.9. The van der Waals surface area contributed by atoms with Crippen LogP contribution in [0.2, 0.25) is 10.0 Å². The second-order valence-electron chi connectivity index (χ2n) is 5.57. The van der Waals surface area contributed by atoms with Gasteiger partial charge in [-0.1, -0.05) is 34.4 Å². The molecule has 0 spiro atoms. The van der Waals surface area contributed by atoms with Crippen molar-refractivity contribution in [2.45, 2.75) is 26.7 Å². The molecule has 0 saturated carbocycles. The second-order valence-corrected chi connectivity index (χ2v) is 7.53. The van der Waals surface area contributed by atoms with E-state index < -0.39 is 0 Å². The quantitative estimate of drug-likeness (QED) is 0.671. The van der Waals surface area contributed by atoms with Crippen LogP contribution in [0.15, 0.2) is 28.9 Å². The third-order valence-corrected chi connectivity index (χ3v) is 5.20. The van der Waals surface area contributed by atoms with Gasteiger partial charge in [0, 0.05) is 33.1 Å². The number of amides is 1. The summed E-state index contributed by atoms with van der Waals surface area (Å²) >= 11 is 13.5. The third-order valence-electron chi connectivity index (χ3n) is 3.70. The van der Waals surface area contributed by atoms with Gasteiger partial charge in [0.15, 0.2) is 5.13 Å². The number of aryl methyl sites for hydroxylation is 2. The number of carbonyl (C=O) groups excluding carboxylic acids is 1. The van der Waals surface area contributed by atoms with Crippen molar-refractivity contribution in [3.63, 3.8) is 0 Å². The van der Waals surface area contributed by atoms with E-state index in [-0.39, 0.29) is 12.3 Å². The molecule has 2 heterocycles. The molecule has 3 rings (SSSR count). The maximum atomic E-state index is 12.2. The van der Waals surface area contributed by atoms with Crippen LogP contribution < -0.4 is 5.32 Å². The van der Waals surface area contributed by atoms with Crippen molar-refractivity contribution < 1.29 is 9.32 Å². The summed E-state index contributed by atoms with van der Waals surface area (Å²) in [5, 5.41) is 8.43. The zero-order valence-corrected chi connectivity index (χ0v) is 15.9. The van der Waals surface area contributed by atoms with E-state index in [1.165, 1.54) is 11.3 Å². The van der Waals surface area contributed by atoms with E-state index >= 15 is 0 Å². The van der Waals surface area contributed by atoms with Gasteiger partial charge in [-0.2, -0.15) is 0 Å². The predicted octanol–water partition coefficient (Wildman–Crippen LogP) is 4.83. The van der Waals surface area contributed by atoms with Gasteiger partial charge in [0.2, 0.25) is 5.91 Å². The molecular formula is C17H15Cl2N3O2S. The summed E-state index contributed by atoms with van der Waals surface area (Å²) in [5.41, 5.74) is 2.50. The van der Waals surface area contributed by atoms with Crippen LogP contribution in [0.4, 0.5) is 5.13 Å². The molecule has 0 aliphatic carbocycles. The molecule has 0 radical (unpaired) electrons. The van der Waals surface area contributed by atoms with Crippen LogP contribution >= 0.6 is 34.5 Å². The fraction of sp³-hybridized carbons (Fsp3) is 0.235. The predicted molar refractivity (Wildman–Crippen MR) is 99.7 cm³/mol. The lowest BCUT2D eigenvalue weighted by Gasteiger charge is -2.03. The molecule has 8 heteroatoms. The molecule has 25 heavy (non-hydrogen) atoms. The number of rotatable bonds is 5. The van der Waals surface area contributed by atoms with E-state index in [9.17, 15) is 4.79 Å². The summed E-state index contributed by atoms with van der Waals surface area (Å²) in [6.07, 6.45) is 2.58. The van der Waals surface area contributed by atoms with Gasteiger partial charge >= 0.3 is 0 Å². The van der Waals surface area contributed by atoms with E-state index in [1.807, 2.05) is 13.0 Å². The molecule has 0 unspecified atom stereocenters.